The molecule has 0 radical (unpaired) electrons. The summed E-state index contributed by atoms with van der Waals surface area (Å²) in [5.41, 5.74) is 2.67. The smallest absolute Gasteiger partial charge is 0.262 e. The van der Waals surface area contributed by atoms with E-state index < -0.39 is 0 Å². The third-order valence-corrected chi connectivity index (χ3v) is 4.50. The summed E-state index contributed by atoms with van der Waals surface area (Å²) in [6.45, 7) is 1.42. The first-order valence-electron chi connectivity index (χ1n) is 9.72. The van der Waals surface area contributed by atoms with Gasteiger partial charge in [0.25, 0.3) is 5.91 Å². The van der Waals surface area contributed by atoms with E-state index in [2.05, 4.69) is 5.32 Å². The first kappa shape index (κ1) is 21.0. The van der Waals surface area contributed by atoms with Gasteiger partial charge in [-0.25, -0.2) is 0 Å². The predicted molar refractivity (Wildman–Crippen MR) is 116 cm³/mol. The number of amides is 1. The van der Waals surface area contributed by atoms with Crippen molar-refractivity contribution in [2.45, 2.75) is 19.8 Å². The van der Waals surface area contributed by atoms with Crippen LogP contribution in [0.2, 0.25) is 0 Å². The summed E-state index contributed by atoms with van der Waals surface area (Å²) in [7, 11) is 0. The van der Waals surface area contributed by atoms with E-state index in [1.165, 1.54) is 0 Å². The molecule has 0 spiro atoms. The van der Waals surface area contributed by atoms with Gasteiger partial charge in [-0.05, 0) is 43.2 Å². The van der Waals surface area contributed by atoms with Crippen molar-refractivity contribution in [1.29, 1.82) is 0 Å². The number of aryl methyl sites for hydroxylation is 1. The summed E-state index contributed by atoms with van der Waals surface area (Å²) >= 11 is 0. The molecule has 0 fully saturated rings. The standard InChI is InChI=1S/C25H23NO4/c1-18(27)10-11-19-12-14-23(15-13-19)30-17-24(28)26-22-9-5-8-21(16-22)25(29)20-6-3-2-4-7-20/h2-9,12-16H,10-11,17H2,1H3,(H,26,28). The van der Waals surface area contributed by atoms with Crippen LogP contribution in [0.15, 0.2) is 78.9 Å². The Labute approximate surface area is 175 Å². The van der Waals surface area contributed by atoms with Crippen molar-refractivity contribution in [2.75, 3.05) is 11.9 Å². The van der Waals surface area contributed by atoms with E-state index in [0.29, 0.717) is 35.4 Å². The molecule has 0 aromatic heterocycles. The van der Waals surface area contributed by atoms with Crippen LogP contribution in [-0.4, -0.2) is 24.1 Å². The number of carbonyl (C=O) groups excluding carboxylic acids is 3. The van der Waals surface area contributed by atoms with Gasteiger partial charge in [-0.2, -0.15) is 0 Å². The lowest BCUT2D eigenvalue weighted by Gasteiger charge is -2.09. The minimum absolute atomic E-state index is 0.104. The molecule has 0 aliphatic carbocycles. The summed E-state index contributed by atoms with van der Waals surface area (Å²) < 4.78 is 5.52. The largest absolute Gasteiger partial charge is 0.484 e. The topological polar surface area (TPSA) is 72.5 Å². The van der Waals surface area contributed by atoms with Crippen molar-refractivity contribution >= 4 is 23.2 Å². The Kier molecular flexibility index (Phi) is 7.11. The number of Topliss-reactive ketones (excluding diaryl/α,β-unsaturated/α-hetero) is 1. The summed E-state index contributed by atoms with van der Waals surface area (Å²) in [4.78, 5) is 35.8. The van der Waals surface area contributed by atoms with Crippen LogP contribution in [0.4, 0.5) is 5.69 Å². The molecular weight excluding hydrogens is 378 g/mol. The van der Waals surface area contributed by atoms with Crippen molar-refractivity contribution in [2.24, 2.45) is 0 Å². The fraction of sp³-hybridized carbons (Fsp3) is 0.160. The molecule has 0 aliphatic heterocycles. The Balaban J connectivity index is 1.54. The van der Waals surface area contributed by atoms with Gasteiger partial charge in [-0.3, -0.25) is 9.59 Å². The highest BCUT2D eigenvalue weighted by Gasteiger charge is 2.10. The molecule has 0 unspecified atom stereocenters. The maximum atomic E-state index is 12.6. The predicted octanol–water partition coefficient (Wildman–Crippen LogP) is 4.46. The summed E-state index contributed by atoms with van der Waals surface area (Å²) in [5, 5.41) is 2.75. The lowest BCUT2D eigenvalue weighted by molar-refractivity contribution is -0.118. The first-order chi connectivity index (χ1) is 14.5. The average Bonchev–Trinajstić information content (AvgIpc) is 2.77. The molecule has 3 aromatic carbocycles. The number of carbonyl (C=O) groups is 3. The summed E-state index contributed by atoms with van der Waals surface area (Å²) in [5.74, 6) is 0.305. The Bertz CT molecular complexity index is 1030. The van der Waals surface area contributed by atoms with E-state index in [-0.39, 0.29) is 24.1 Å². The number of nitrogens with one attached hydrogen (secondary N) is 1. The van der Waals surface area contributed by atoms with Crippen LogP contribution in [0.25, 0.3) is 0 Å². The molecule has 0 atom stereocenters. The van der Waals surface area contributed by atoms with Gasteiger partial charge >= 0.3 is 0 Å². The molecule has 3 aromatic rings. The van der Waals surface area contributed by atoms with Gasteiger partial charge in [-0.1, -0.05) is 54.6 Å². The molecule has 1 amide bonds. The van der Waals surface area contributed by atoms with Gasteiger partial charge in [-0.15, -0.1) is 0 Å². The number of anilines is 1. The molecular formula is C25H23NO4. The molecule has 5 heteroatoms. The molecule has 5 nitrogen and oxygen atoms in total. The Morgan fingerprint density at radius 3 is 2.23 bits per heavy atom. The van der Waals surface area contributed by atoms with E-state index in [1.807, 2.05) is 30.3 Å². The molecule has 0 saturated heterocycles. The van der Waals surface area contributed by atoms with Crippen LogP contribution < -0.4 is 10.1 Å². The molecule has 0 bridgehead atoms. The van der Waals surface area contributed by atoms with Gasteiger partial charge in [0.1, 0.15) is 11.5 Å². The number of ketones is 2. The second-order valence-electron chi connectivity index (χ2n) is 6.96. The van der Waals surface area contributed by atoms with Crippen LogP contribution >= 0.6 is 0 Å². The van der Waals surface area contributed by atoms with Crippen LogP contribution in [0, 0.1) is 0 Å². The van der Waals surface area contributed by atoms with Gasteiger partial charge in [0.2, 0.25) is 0 Å². The molecule has 152 valence electrons. The maximum absolute atomic E-state index is 12.6. The number of ether oxygens (including phenoxy) is 1. The van der Waals surface area contributed by atoms with Crippen LogP contribution in [0.5, 0.6) is 5.75 Å². The Morgan fingerprint density at radius 1 is 0.833 bits per heavy atom. The highest BCUT2D eigenvalue weighted by Crippen LogP contribution is 2.16. The normalized spacial score (nSPS) is 10.3. The Morgan fingerprint density at radius 2 is 1.53 bits per heavy atom. The van der Waals surface area contributed by atoms with E-state index in [4.69, 9.17) is 4.74 Å². The van der Waals surface area contributed by atoms with Gasteiger partial charge in [0.15, 0.2) is 12.4 Å². The Hall–Kier alpha value is -3.73. The highest BCUT2D eigenvalue weighted by atomic mass is 16.5. The molecule has 0 saturated carbocycles. The van der Waals surface area contributed by atoms with Crippen molar-refractivity contribution < 1.29 is 19.1 Å². The van der Waals surface area contributed by atoms with E-state index >= 15 is 0 Å². The fourth-order valence-corrected chi connectivity index (χ4v) is 2.91. The number of hydrogen-bond donors (Lipinski definition) is 1. The van der Waals surface area contributed by atoms with E-state index in [0.717, 1.165) is 5.56 Å². The first-order valence-corrected chi connectivity index (χ1v) is 9.72. The van der Waals surface area contributed by atoms with Crippen LogP contribution in [0.1, 0.15) is 34.8 Å². The zero-order valence-electron chi connectivity index (χ0n) is 16.8. The zero-order chi connectivity index (χ0) is 21.3. The highest BCUT2D eigenvalue weighted by molar-refractivity contribution is 6.09. The van der Waals surface area contributed by atoms with Crippen molar-refractivity contribution in [3.05, 3.63) is 95.6 Å². The van der Waals surface area contributed by atoms with Gasteiger partial charge < -0.3 is 14.8 Å². The van der Waals surface area contributed by atoms with Crippen molar-refractivity contribution in [1.82, 2.24) is 0 Å². The lowest BCUT2D eigenvalue weighted by atomic mass is 10.0. The minimum atomic E-state index is -0.319. The van der Waals surface area contributed by atoms with Crippen molar-refractivity contribution in [3.8, 4) is 5.75 Å². The molecule has 0 aliphatic rings. The minimum Gasteiger partial charge on any atom is -0.484 e. The van der Waals surface area contributed by atoms with Gasteiger partial charge in [0, 0.05) is 23.2 Å². The quantitative estimate of drug-likeness (QED) is 0.538. The second kappa shape index (κ2) is 10.2. The van der Waals surface area contributed by atoms with Gasteiger partial charge in [0.05, 0.1) is 0 Å². The van der Waals surface area contributed by atoms with Crippen molar-refractivity contribution in [3.63, 3.8) is 0 Å². The molecule has 1 N–H and O–H groups in total. The van der Waals surface area contributed by atoms with Crippen LogP contribution in [0.3, 0.4) is 0 Å². The number of hydrogen-bond acceptors (Lipinski definition) is 4. The van der Waals surface area contributed by atoms with E-state index in [9.17, 15) is 14.4 Å². The molecule has 30 heavy (non-hydrogen) atoms. The molecule has 0 heterocycles. The van der Waals surface area contributed by atoms with Crippen LogP contribution in [-0.2, 0) is 16.0 Å². The second-order valence-corrected chi connectivity index (χ2v) is 6.96. The maximum Gasteiger partial charge on any atom is 0.262 e. The third-order valence-electron chi connectivity index (χ3n) is 4.50. The summed E-state index contributed by atoms with van der Waals surface area (Å²) in [6, 6.07) is 23.1. The monoisotopic (exact) mass is 401 g/mol. The lowest BCUT2D eigenvalue weighted by Crippen LogP contribution is -2.20. The molecule has 3 rings (SSSR count). The SMILES string of the molecule is CC(=O)CCc1ccc(OCC(=O)Nc2cccc(C(=O)c3ccccc3)c2)cc1. The summed E-state index contributed by atoms with van der Waals surface area (Å²) in [6.07, 6.45) is 1.20. The average molecular weight is 401 g/mol. The zero-order valence-corrected chi connectivity index (χ0v) is 16.8. The number of rotatable bonds is 9. The number of benzene rings is 3. The fourth-order valence-electron chi connectivity index (χ4n) is 2.91. The third kappa shape index (κ3) is 6.14. The van der Waals surface area contributed by atoms with E-state index in [1.54, 1.807) is 55.5 Å².